The first-order valence-corrected chi connectivity index (χ1v) is 5.98. The van der Waals surface area contributed by atoms with Crippen molar-refractivity contribution in [3.8, 4) is 0 Å². The summed E-state index contributed by atoms with van der Waals surface area (Å²) in [4.78, 5) is 34.9. The average Bonchev–Trinajstić information content (AvgIpc) is 2.79. The Bertz CT molecular complexity index is 567. The fourth-order valence-electron chi connectivity index (χ4n) is 2.21. The van der Waals surface area contributed by atoms with E-state index in [0.29, 0.717) is 6.54 Å². The molecule has 108 valence electrons. The molecule has 0 aromatic carbocycles. The van der Waals surface area contributed by atoms with Crippen LogP contribution in [0.4, 0.5) is 5.82 Å². The van der Waals surface area contributed by atoms with Crippen molar-refractivity contribution < 1.29 is 19.6 Å². The molecule has 20 heavy (non-hydrogen) atoms. The second kappa shape index (κ2) is 5.29. The molecule has 1 aliphatic heterocycles. The Balaban J connectivity index is 2.30. The number of carboxylic acid groups (broad SMARTS) is 1. The Hall–Kier alpha value is -2.42. The van der Waals surface area contributed by atoms with Crippen LogP contribution in [0.3, 0.4) is 0 Å². The summed E-state index contributed by atoms with van der Waals surface area (Å²) < 4.78 is 1.16. The number of nitro groups is 1. The van der Waals surface area contributed by atoms with Crippen LogP contribution in [0.15, 0.2) is 12.1 Å². The van der Waals surface area contributed by atoms with Crippen LogP contribution in [-0.2, 0) is 11.8 Å². The van der Waals surface area contributed by atoms with Gasteiger partial charge in [0.05, 0.1) is 7.05 Å². The Morgan fingerprint density at radius 1 is 1.50 bits per heavy atom. The SMILES string of the molecule is Cn1c(C(=O)N2CCNCC2C(=O)O)ccc1[N+](=O)[O-]. The van der Waals surface area contributed by atoms with Crippen molar-refractivity contribution in [1.82, 2.24) is 14.8 Å². The molecule has 1 amide bonds. The number of hydrogen-bond acceptors (Lipinski definition) is 5. The third-order valence-corrected chi connectivity index (χ3v) is 3.29. The highest BCUT2D eigenvalue weighted by Gasteiger charge is 2.35. The van der Waals surface area contributed by atoms with Crippen LogP contribution >= 0.6 is 0 Å². The second-order valence-corrected chi connectivity index (χ2v) is 4.45. The van der Waals surface area contributed by atoms with E-state index < -0.39 is 22.8 Å². The van der Waals surface area contributed by atoms with Crippen LogP contribution in [0.25, 0.3) is 0 Å². The number of carbonyl (C=O) groups excluding carboxylic acids is 1. The first-order valence-electron chi connectivity index (χ1n) is 5.98. The van der Waals surface area contributed by atoms with Gasteiger partial charge in [0.15, 0.2) is 5.69 Å². The van der Waals surface area contributed by atoms with E-state index >= 15 is 0 Å². The minimum Gasteiger partial charge on any atom is -0.480 e. The van der Waals surface area contributed by atoms with Gasteiger partial charge in [0.2, 0.25) is 0 Å². The minimum absolute atomic E-state index is 0.102. The van der Waals surface area contributed by atoms with Gasteiger partial charge in [0.25, 0.3) is 5.91 Å². The zero-order valence-electron chi connectivity index (χ0n) is 10.8. The topological polar surface area (TPSA) is 118 Å². The van der Waals surface area contributed by atoms with Crippen LogP contribution in [0, 0.1) is 10.1 Å². The van der Waals surface area contributed by atoms with E-state index in [1.165, 1.54) is 24.1 Å². The summed E-state index contributed by atoms with van der Waals surface area (Å²) in [5, 5.41) is 22.8. The number of nitrogens with zero attached hydrogens (tertiary/aromatic N) is 3. The summed E-state index contributed by atoms with van der Waals surface area (Å²) in [5.74, 6) is -1.83. The van der Waals surface area contributed by atoms with Crippen LogP contribution in [0.2, 0.25) is 0 Å². The maximum absolute atomic E-state index is 12.4. The minimum atomic E-state index is -1.10. The van der Waals surface area contributed by atoms with E-state index in [9.17, 15) is 19.7 Å². The lowest BCUT2D eigenvalue weighted by atomic mass is 10.1. The predicted octanol–water partition coefficient (Wildman–Crippen LogP) is -0.568. The Morgan fingerprint density at radius 2 is 2.20 bits per heavy atom. The number of rotatable bonds is 3. The van der Waals surface area contributed by atoms with Crippen molar-refractivity contribution in [2.45, 2.75) is 6.04 Å². The van der Waals surface area contributed by atoms with E-state index in [-0.39, 0.29) is 24.6 Å². The summed E-state index contributed by atoms with van der Waals surface area (Å²) >= 11 is 0. The van der Waals surface area contributed by atoms with Crippen molar-refractivity contribution in [2.24, 2.45) is 7.05 Å². The molecule has 1 fully saturated rings. The van der Waals surface area contributed by atoms with Gasteiger partial charge in [0.1, 0.15) is 6.04 Å². The van der Waals surface area contributed by atoms with E-state index in [0.717, 1.165) is 4.57 Å². The van der Waals surface area contributed by atoms with Gasteiger partial charge in [-0.05, 0) is 11.0 Å². The highest BCUT2D eigenvalue weighted by molar-refractivity contribution is 5.96. The van der Waals surface area contributed by atoms with E-state index in [4.69, 9.17) is 5.11 Å². The lowest BCUT2D eigenvalue weighted by Crippen LogP contribution is -2.57. The summed E-state index contributed by atoms with van der Waals surface area (Å²) in [5.41, 5.74) is 0.102. The molecule has 0 radical (unpaired) electrons. The summed E-state index contributed by atoms with van der Waals surface area (Å²) in [6.07, 6.45) is 0. The third-order valence-electron chi connectivity index (χ3n) is 3.29. The molecule has 2 N–H and O–H groups in total. The van der Waals surface area contributed by atoms with Crippen LogP contribution in [0.1, 0.15) is 10.5 Å². The molecule has 9 nitrogen and oxygen atoms in total. The molecule has 1 atom stereocenters. The Morgan fingerprint density at radius 3 is 2.75 bits per heavy atom. The van der Waals surface area contributed by atoms with Gasteiger partial charge in [-0.1, -0.05) is 0 Å². The third kappa shape index (κ3) is 2.35. The fourth-order valence-corrected chi connectivity index (χ4v) is 2.21. The van der Waals surface area contributed by atoms with Gasteiger partial charge in [-0.3, -0.25) is 4.79 Å². The van der Waals surface area contributed by atoms with Gasteiger partial charge in [-0.25, -0.2) is 9.36 Å². The van der Waals surface area contributed by atoms with Gasteiger partial charge < -0.3 is 25.4 Å². The maximum Gasteiger partial charge on any atom is 0.327 e. The highest BCUT2D eigenvalue weighted by Crippen LogP contribution is 2.18. The van der Waals surface area contributed by atoms with Crippen LogP contribution in [-0.4, -0.2) is 57.0 Å². The van der Waals surface area contributed by atoms with Gasteiger partial charge >= 0.3 is 11.8 Å². The lowest BCUT2D eigenvalue weighted by Gasteiger charge is -2.32. The number of carboxylic acids is 1. The smallest absolute Gasteiger partial charge is 0.327 e. The molecule has 1 aromatic rings. The van der Waals surface area contributed by atoms with Crippen molar-refractivity contribution in [3.63, 3.8) is 0 Å². The number of aliphatic carboxylic acids is 1. The van der Waals surface area contributed by atoms with E-state index in [1.54, 1.807) is 0 Å². The first kappa shape index (κ1) is 14.0. The predicted molar refractivity (Wildman–Crippen MR) is 67.4 cm³/mol. The largest absolute Gasteiger partial charge is 0.480 e. The number of nitrogens with one attached hydrogen (secondary N) is 1. The van der Waals surface area contributed by atoms with Crippen molar-refractivity contribution in [2.75, 3.05) is 19.6 Å². The summed E-state index contributed by atoms with van der Waals surface area (Å²) in [6.45, 7) is 0.893. The molecule has 0 aliphatic carbocycles. The molecule has 1 saturated heterocycles. The number of carbonyl (C=O) groups is 2. The molecule has 2 heterocycles. The zero-order chi connectivity index (χ0) is 14.9. The average molecular weight is 282 g/mol. The quantitative estimate of drug-likeness (QED) is 0.566. The normalized spacial score (nSPS) is 18.9. The Kier molecular flexibility index (Phi) is 3.70. The van der Waals surface area contributed by atoms with E-state index in [1.807, 2.05) is 0 Å². The molecule has 1 unspecified atom stereocenters. The van der Waals surface area contributed by atoms with Crippen molar-refractivity contribution >= 4 is 17.7 Å². The fraction of sp³-hybridized carbons (Fsp3) is 0.455. The molecule has 0 saturated carbocycles. The monoisotopic (exact) mass is 282 g/mol. The standard InChI is InChI=1S/C11H14N4O5/c1-13-7(2-3-9(13)15(19)20)10(16)14-5-4-12-6-8(14)11(17)18/h2-3,8,12H,4-6H2,1H3,(H,17,18). The Labute approximate surface area is 113 Å². The van der Waals surface area contributed by atoms with Gasteiger partial charge in [0, 0.05) is 25.7 Å². The molecular formula is C11H14N4O5. The number of hydrogen-bond donors (Lipinski definition) is 2. The van der Waals surface area contributed by atoms with E-state index in [2.05, 4.69) is 5.32 Å². The molecular weight excluding hydrogens is 268 g/mol. The number of amides is 1. The number of piperazine rings is 1. The molecule has 9 heteroatoms. The summed E-state index contributed by atoms with van der Waals surface area (Å²) in [6, 6.07) is 1.59. The zero-order valence-corrected chi connectivity index (χ0v) is 10.8. The van der Waals surface area contributed by atoms with Gasteiger partial charge in [-0.15, -0.1) is 0 Å². The first-order chi connectivity index (χ1) is 9.43. The molecule has 0 spiro atoms. The molecule has 2 rings (SSSR count). The lowest BCUT2D eigenvalue weighted by molar-refractivity contribution is -0.391. The van der Waals surface area contributed by atoms with Crippen LogP contribution < -0.4 is 5.32 Å². The summed E-state index contributed by atoms with van der Waals surface area (Å²) in [7, 11) is 1.41. The highest BCUT2D eigenvalue weighted by atomic mass is 16.6. The van der Waals surface area contributed by atoms with Crippen molar-refractivity contribution in [1.29, 1.82) is 0 Å². The molecule has 1 aliphatic rings. The van der Waals surface area contributed by atoms with Crippen molar-refractivity contribution in [3.05, 3.63) is 27.9 Å². The molecule has 0 bridgehead atoms. The maximum atomic E-state index is 12.4. The second-order valence-electron chi connectivity index (χ2n) is 4.45. The molecule has 1 aromatic heterocycles. The van der Waals surface area contributed by atoms with Gasteiger partial charge in [-0.2, -0.15) is 0 Å². The van der Waals surface area contributed by atoms with Crippen LogP contribution in [0.5, 0.6) is 0 Å². The number of aromatic nitrogens is 1.